The van der Waals surface area contributed by atoms with Crippen LogP contribution in [-0.4, -0.2) is 21.2 Å². The molecule has 0 heterocycles. The zero-order valence-electron chi connectivity index (χ0n) is 9.76. The van der Waals surface area contributed by atoms with Crippen molar-refractivity contribution in [3.8, 4) is 0 Å². The van der Waals surface area contributed by atoms with Gasteiger partial charge in [0.2, 0.25) is 0 Å². The lowest BCUT2D eigenvalue weighted by atomic mass is 9.87. The third-order valence-corrected chi connectivity index (χ3v) is 4.64. The predicted octanol–water partition coefficient (Wildman–Crippen LogP) is 2.06. The smallest absolute Gasteiger partial charge is 0.0597 e. The van der Waals surface area contributed by atoms with Crippen molar-refractivity contribution in [2.45, 2.75) is 46.1 Å². The Kier molecular flexibility index (Phi) is 4.68. The Morgan fingerprint density at radius 2 is 1.85 bits per heavy atom. The first-order valence-corrected chi connectivity index (χ1v) is 6.03. The van der Waals surface area contributed by atoms with Crippen molar-refractivity contribution < 1.29 is 5.21 Å². The summed E-state index contributed by atoms with van der Waals surface area (Å²) in [4.78, 5) is 0. The SMILES string of the molecule is CC(C)CC(=NO)C(C)([SiH3])C(C)C. The van der Waals surface area contributed by atoms with E-state index in [1.807, 2.05) is 0 Å². The molecule has 0 aromatic rings. The fraction of sp³-hybridized carbons (Fsp3) is 0.900. The van der Waals surface area contributed by atoms with Gasteiger partial charge in [0.25, 0.3) is 0 Å². The van der Waals surface area contributed by atoms with E-state index in [1.54, 1.807) is 0 Å². The molecule has 0 aromatic carbocycles. The molecule has 1 atom stereocenters. The zero-order chi connectivity index (χ0) is 10.6. The second kappa shape index (κ2) is 4.79. The van der Waals surface area contributed by atoms with Crippen LogP contribution in [0.25, 0.3) is 0 Å². The first-order chi connectivity index (χ1) is 5.82. The third kappa shape index (κ3) is 3.51. The summed E-state index contributed by atoms with van der Waals surface area (Å²) >= 11 is 0. The second-order valence-electron chi connectivity index (χ2n) is 5.02. The lowest BCUT2D eigenvalue weighted by Gasteiger charge is -2.30. The van der Waals surface area contributed by atoms with E-state index in [0.29, 0.717) is 11.8 Å². The van der Waals surface area contributed by atoms with E-state index in [4.69, 9.17) is 5.21 Å². The molecule has 0 radical (unpaired) electrons. The van der Waals surface area contributed by atoms with Crippen LogP contribution in [0.4, 0.5) is 0 Å². The molecule has 2 nitrogen and oxygen atoms in total. The van der Waals surface area contributed by atoms with Crippen LogP contribution < -0.4 is 0 Å². The lowest BCUT2D eigenvalue weighted by Crippen LogP contribution is -2.27. The van der Waals surface area contributed by atoms with E-state index >= 15 is 0 Å². The number of hydrogen-bond donors (Lipinski definition) is 1. The van der Waals surface area contributed by atoms with Crippen LogP contribution in [0.1, 0.15) is 41.0 Å². The molecular weight excluding hydrogens is 178 g/mol. The van der Waals surface area contributed by atoms with E-state index in [9.17, 15) is 0 Å². The molecule has 0 saturated carbocycles. The van der Waals surface area contributed by atoms with E-state index in [0.717, 1.165) is 22.4 Å². The van der Waals surface area contributed by atoms with Crippen LogP contribution in [0.5, 0.6) is 0 Å². The maximum absolute atomic E-state index is 8.97. The minimum absolute atomic E-state index is 0.138. The fourth-order valence-electron chi connectivity index (χ4n) is 1.15. The van der Waals surface area contributed by atoms with Crippen LogP contribution >= 0.6 is 0 Å². The van der Waals surface area contributed by atoms with E-state index in [1.165, 1.54) is 0 Å². The summed E-state index contributed by atoms with van der Waals surface area (Å²) in [6.07, 6.45) is 0.911. The number of hydrogen-bond acceptors (Lipinski definition) is 2. The summed E-state index contributed by atoms with van der Waals surface area (Å²) in [5.41, 5.74) is 0.976. The summed E-state index contributed by atoms with van der Waals surface area (Å²) in [6.45, 7) is 10.9. The summed E-state index contributed by atoms with van der Waals surface area (Å²) in [6, 6.07) is 0. The van der Waals surface area contributed by atoms with Crippen LogP contribution in [0.3, 0.4) is 0 Å². The third-order valence-electron chi connectivity index (χ3n) is 2.91. The van der Waals surface area contributed by atoms with Crippen molar-refractivity contribution in [1.82, 2.24) is 0 Å². The zero-order valence-corrected chi connectivity index (χ0v) is 11.8. The van der Waals surface area contributed by atoms with Gasteiger partial charge in [0.1, 0.15) is 0 Å². The van der Waals surface area contributed by atoms with Crippen LogP contribution in [0.15, 0.2) is 5.16 Å². The molecule has 0 bridgehead atoms. The molecule has 0 amide bonds. The van der Waals surface area contributed by atoms with Gasteiger partial charge < -0.3 is 5.21 Å². The van der Waals surface area contributed by atoms with Gasteiger partial charge in [-0.25, -0.2) is 0 Å². The van der Waals surface area contributed by atoms with E-state index in [-0.39, 0.29) is 5.04 Å². The van der Waals surface area contributed by atoms with Crippen LogP contribution in [0, 0.1) is 11.8 Å². The first-order valence-electron chi connectivity index (χ1n) is 5.03. The number of rotatable bonds is 4. The molecule has 3 heteroatoms. The Labute approximate surface area is 84.8 Å². The van der Waals surface area contributed by atoms with E-state index in [2.05, 4.69) is 39.8 Å². The average Bonchev–Trinajstić information content (AvgIpc) is 1.99. The highest BCUT2D eigenvalue weighted by Crippen LogP contribution is 2.34. The molecule has 78 valence electrons. The summed E-state index contributed by atoms with van der Waals surface area (Å²) in [5, 5.41) is 12.6. The van der Waals surface area contributed by atoms with Gasteiger partial charge in [-0.05, 0) is 23.3 Å². The van der Waals surface area contributed by atoms with Gasteiger partial charge in [0, 0.05) is 10.2 Å². The van der Waals surface area contributed by atoms with Gasteiger partial charge in [0.05, 0.1) is 5.71 Å². The van der Waals surface area contributed by atoms with Crippen molar-refractivity contribution in [3.63, 3.8) is 0 Å². The van der Waals surface area contributed by atoms with Crippen molar-refractivity contribution >= 4 is 16.0 Å². The van der Waals surface area contributed by atoms with Crippen LogP contribution in [-0.2, 0) is 0 Å². The topological polar surface area (TPSA) is 32.6 Å². The molecular formula is C10H23NOSi. The highest BCUT2D eigenvalue weighted by atomic mass is 28.1. The minimum atomic E-state index is 0.138. The molecule has 0 aliphatic rings. The van der Waals surface area contributed by atoms with Gasteiger partial charge >= 0.3 is 0 Å². The monoisotopic (exact) mass is 201 g/mol. The highest BCUT2D eigenvalue weighted by molar-refractivity contribution is 6.29. The molecule has 0 aliphatic heterocycles. The lowest BCUT2D eigenvalue weighted by molar-refractivity contribution is 0.310. The molecule has 13 heavy (non-hydrogen) atoms. The molecule has 0 spiro atoms. The minimum Gasteiger partial charge on any atom is -0.411 e. The Morgan fingerprint density at radius 1 is 1.38 bits per heavy atom. The molecule has 0 aliphatic carbocycles. The maximum atomic E-state index is 8.97. The molecule has 0 fully saturated rings. The molecule has 1 unspecified atom stereocenters. The molecule has 1 N–H and O–H groups in total. The standard InChI is InChI=1S/C10H23NOSi/c1-7(2)6-9(11-12)10(5,13)8(3)4/h7-8,12H,6H2,1-5,13H3. The van der Waals surface area contributed by atoms with Gasteiger partial charge in [-0.3, -0.25) is 0 Å². The summed E-state index contributed by atoms with van der Waals surface area (Å²) < 4.78 is 0. The maximum Gasteiger partial charge on any atom is 0.0597 e. The van der Waals surface area contributed by atoms with Crippen molar-refractivity contribution in [2.24, 2.45) is 17.0 Å². The van der Waals surface area contributed by atoms with Crippen molar-refractivity contribution in [1.29, 1.82) is 0 Å². The number of oxime groups is 1. The Morgan fingerprint density at radius 3 is 2.08 bits per heavy atom. The first kappa shape index (κ1) is 12.7. The molecule has 0 rings (SSSR count). The van der Waals surface area contributed by atoms with Crippen molar-refractivity contribution in [2.75, 3.05) is 0 Å². The van der Waals surface area contributed by atoms with Gasteiger partial charge in [-0.1, -0.05) is 39.8 Å². The number of nitrogens with zero attached hydrogens (tertiary/aromatic N) is 1. The Hall–Kier alpha value is -0.313. The van der Waals surface area contributed by atoms with Gasteiger partial charge in [0.15, 0.2) is 0 Å². The normalized spacial score (nSPS) is 18.2. The quantitative estimate of drug-likeness (QED) is 0.321. The Bertz CT molecular complexity index is 185. The highest BCUT2D eigenvalue weighted by Gasteiger charge is 2.29. The summed E-state index contributed by atoms with van der Waals surface area (Å²) in [5.74, 6) is 1.13. The largest absolute Gasteiger partial charge is 0.411 e. The van der Waals surface area contributed by atoms with E-state index < -0.39 is 0 Å². The molecule has 0 aromatic heterocycles. The average molecular weight is 201 g/mol. The van der Waals surface area contributed by atoms with Gasteiger partial charge in [-0.15, -0.1) is 0 Å². The summed E-state index contributed by atoms with van der Waals surface area (Å²) in [7, 11) is 1.04. The van der Waals surface area contributed by atoms with Gasteiger partial charge in [-0.2, -0.15) is 0 Å². The Balaban J connectivity index is 4.59. The molecule has 0 saturated heterocycles. The predicted molar refractivity (Wildman–Crippen MR) is 61.8 cm³/mol. The van der Waals surface area contributed by atoms with Crippen molar-refractivity contribution in [3.05, 3.63) is 0 Å². The second-order valence-corrected chi connectivity index (χ2v) is 7.10. The van der Waals surface area contributed by atoms with Crippen LogP contribution in [0.2, 0.25) is 5.04 Å². The fourth-order valence-corrected chi connectivity index (χ4v) is 1.46.